The number of benzene rings is 1. The molecule has 0 spiro atoms. The number of ether oxygens (including phenoxy) is 1. The molecule has 0 N–H and O–H groups in total. The van der Waals surface area contributed by atoms with E-state index >= 15 is 0 Å². The van der Waals surface area contributed by atoms with Crippen molar-refractivity contribution in [2.24, 2.45) is 0 Å². The molecule has 6 heteroatoms. The van der Waals surface area contributed by atoms with E-state index in [1.165, 1.54) is 6.42 Å². The third-order valence-electron chi connectivity index (χ3n) is 3.96. The molecule has 0 radical (unpaired) electrons. The summed E-state index contributed by atoms with van der Waals surface area (Å²) in [5.74, 6) is 2.24. The van der Waals surface area contributed by atoms with E-state index in [0.717, 1.165) is 37.2 Å². The van der Waals surface area contributed by atoms with Crippen LogP contribution in [0.15, 0.2) is 18.2 Å². The average molecular weight is 329 g/mol. The molecule has 0 bridgehead atoms. The molecular formula is C17H17ClN4O. The van der Waals surface area contributed by atoms with Crippen molar-refractivity contribution in [1.29, 1.82) is 5.26 Å². The number of hydrogen-bond acceptors (Lipinski definition) is 4. The minimum atomic E-state index is 0.464. The molecule has 1 aromatic carbocycles. The van der Waals surface area contributed by atoms with E-state index in [0.29, 0.717) is 22.2 Å². The van der Waals surface area contributed by atoms with Gasteiger partial charge < -0.3 is 9.30 Å². The molecule has 0 aliphatic carbocycles. The zero-order valence-electron chi connectivity index (χ0n) is 12.9. The highest BCUT2D eigenvalue weighted by atomic mass is 35.5. The minimum absolute atomic E-state index is 0.464. The monoisotopic (exact) mass is 328 g/mol. The molecule has 0 saturated carbocycles. The lowest BCUT2D eigenvalue weighted by Crippen LogP contribution is -2.05. The molecule has 1 aromatic heterocycles. The second kappa shape index (κ2) is 6.84. The highest BCUT2D eigenvalue weighted by Gasteiger charge is 2.18. The topological polar surface area (TPSA) is 63.7 Å². The van der Waals surface area contributed by atoms with Crippen molar-refractivity contribution in [2.75, 3.05) is 7.11 Å². The molecule has 118 valence electrons. The van der Waals surface area contributed by atoms with Crippen LogP contribution in [0, 0.1) is 11.3 Å². The van der Waals surface area contributed by atoms with Crippen molar-refractivity contribution in [3.8, 4) is 11.8 Å². The Bertz CT molecular complexity index is 788. The van der Waals surface area contributed by atoms with E-state index in [9.17, 15) is 5.26 Å². The van der Waals surface area contributed by atoms with Gasteiger partial charge in [-0.1, -0.05) is 18.0 Å². The highest BCUT2D eigenvalue weighted by Crippen LogP contribution is 2.27. The fourth-order valence-corrected chi connectivity index (χ4v) is 2.99. The SMILES string of the molecule is COc1ccc(Cl)cc1/C=C(\C#N)c1nnc2n1CCCCC2. The summed E-state index contributed by atoms with van der Waals surface area (Å²) in [6.45, 7) is 0.851. The van der Waals surface area contributed by atoms with Gasteiger partial charge in [-0.3, -0.25) is 0 Å². The Hall–Kier alpha value is -2.32. The van der Waals surface area contributed by atoms with Gasteiger partial charge in [-0.25, -0.2) is 0 Å². The second-order valence-corrected chi connectivity index (χ2v) is 5.89. The summed E-state index contributed by atoms with van der Waals surface area (Å²) in [6, 6.07) is 7.55. The first-order valence-electron chi connectivity index (χ1n) is 7.60. The van der Waals surface area contributed by atoms with Gasteiger partial charge in [-0.15, -0.1) is 10.2 Å². The van der Waals surface area contributed by atoms with E-state index in [2.05, 4.69) is 20.8 Å². The Labute approximate surface area is 140 Å². The smallest absolute Gasteiger partial charge is 0.174 e. The first-order chi connectivity index (χ1) is 11.2. The summed E-state index contributed by atoms with van der Waals surface area (Å²) in [7, 11) is 1.59. The Kier molecular flexibility index (Phi) is 4.63. The quantitative estimate of drug-likeness (QED) is 0.805. The van der Waals surface area contributed by atoms with Crippen LogP contribution >= 0.6 is 11.6 Å². The summed E-state index contributed by atoms with van der Waals surface area (Å²) < 4.78 is 7.39. The first-order valence-corrected chi connectivity index (χ1v) is 7.98. The van der Waals surface area contributed by atoms with Crippen LogP contribution in [-0.4, -0.2) is 21.9 Å². The third kappa shape index (κ3) is 3.22. The summed E-state index contributed by atoms with van der Waals surface area (Å²) >= 11 is 6.06. The van der Waals surface area contributed by atoms with Gasteiger partial charge >= 0.3 is 0 Å². The number of methoxy groups -OCH3 is 1. The predicted octanol–water partition coefficient (Wildman–Crippen LogP) is 3.73. The Morgan fingerprint density at radius 3 is 3.00 bits per heavy atom. The Morgan fingerprint density at radius 2 is 2.22 bits per heavy atom. The van der Waals surface area contributed by atoms with E-state index in [1.54, 1.807) is 31.4 Å². The molecule has 5 nitrogen and oxygen atoms in total. The third-order valence-corrected chi connectivity index (χ3v) is 4.20. The van der Waals surface area contributed by atoms with Gasteiger partial charge in [-0.05, 0) is 37.1 Å². The number of aromatic nitrogens is 3. The summed E-state index contributed by atoms with van der Waals surface area (Å²) in [5, 5.41) is 18.7. The fourth-order valence-electron chi connectivity index (χ4n) is 2.80. The largest absolute Gasteiger partial charge is 0.496 e. The van der Waals surface area contributed by atoms with Crippen LogP contribution in [0.4, 0.5) is 0 Å². The molecule has 0 amide bonds. The van der Waals surface area contributed by atoms with Gasteiger partial charge in [0.25, 0.3) is 0 Å². The minimum Gasteiger partial charge on any atom is -0.496 e. The Balaban J connectivity index is 2.06. The first kappa shape index (κ1) is 15.6. The van der Waals surface area contributed by atoms with Crippen molar-refractivity contribution in [3.63, 3.8) is 0 Å². The van der Waals surface area contributed by atoms with Crippen LogP contribution in [0.1, 0.15) is 36.5 Å². The normalized spacial score (nSPS) is 14.7. The molecule has 23 heavy (non-hydrogen) atoms. The van der Waals surface area contributed by atoms with Gasteiger partial charge in [-0.2, -0.15) is 5.26 Å². The number of hydrogen-bond donors (Lipinski definition) is 0. The van der Waals surface area contributed by atoms with Gasteiger partial charge in [0.1, 0.15) is 17.6 Å². The lowest BCUT2D eigenvalue weighted by atomic mass is 10.1. The number of fused-ring (bicyclic) bond motifs is 1. The van der Waals surface area contributed by atoms with Crippen molar-refractivity contribution < 1.29 is 4.74 Å². The number of halogens is 1. The van der Waals surface area contributed by atoms with Crippen molar-refractivity contribution in [2.45, 2.75) is 32.2 Å². The number of nitrogens with zero attached hydrogens (tertiary/aromatic N) is 4. The molecular weight excluding hydrogens is 312 g/mol. The summed E-state index contributed by atoms with van der Waals surface area (Å²) in [6.07, 6.45) is 6.04. The van der Waals surface area contributed by atoms with Crippen LogP contribution < -0.4 is 4.74 Å². The number of aryl methyl sites for hydroxylation is 1. The lowest BCUT2D eigenvalue weighted by molar-refractivity contribution is 0.414. The molecule has 1 aliphatic heterocycles. The maximum atomic E-state index is 9.59. The fraction of sp³-hybridized carbons (Fsp3) is 0.353. The van der Waals surface area contributed by atoms with Crippen LogP contribution in [-0.2, 0) is 13.0 Å². The highest BCUT2D eigenvalue weighted by molar-refractivity contribution is 6.30. The van der Waals surface area contributed by atoms with E-state index < -0.39 is 0 Å². The molecule has 0 unspecified atom stereocenters. The molecule has 1 aliphatic rings. The number of rotatable bonds is 3. The van der Waals surface area contributed by atoms with E-state index in [-0.39, 0.29) is 0 Å². The van der Waals surface area contributed by atoms with Crippen LogP contribution in [0.2, 0.25) is 5.02 Å². The van der Waals surface area contributed by atoms with E-state index in [4.69, 9.17) is 16.3 Å². The average Bonchev–Trinajstić information content (AvgIpc) is 2.81. The maximum Gasteiger partial charge on any atom is 0.174 e. The van der Waals surface area contributed by atoms with Crippen LogP contribution in [0.25, 0.3) is 11.6 Å². The molecule has 0 atom stereocenters. The van der Waals surface area contributed by atoms with Gasteiger partial charge in [0.05, 0.1) is 12.7 Å². The van der Waals surface area contributed by atoms with Crippen LogP contribution in [0.5, 0.6) is 5.75 Å². The standard InChI is InChI=1S/C17H17ClN4O/c1-23-15-7-6-14(18)10-12(15)9-13(11-19)17-21-20-16-5-3-2-4-8-22(16)17/h6-7,9-10H,2-5,8H2,1H3/b13-9+. The Morgan fingerprint density at radius 1 is 1.35 bits per heavy atom. The summed E-state index contributed by atoms with van der Waals surface area (Å²) in [4.78, 5) is 0. The van der Waals surface area contributed by atoms with Crippen molar-refractivity contribution in [3.05, 3.63) is 40.4 Å². The molecule has 2 aromatic rings. The molecule has 0 fully saturated rings. The zero-order chi connectivity index (χ0) is 16.2. The number of allylic oxidation sites excluding steroid dienone is 1. The zero-order valence-corrected chi connectivity index (χ0v) is 13.7. The van der Waals surface area contributed by atoms with Gasteiger partial charge in [0, 0.05) is 23.6 Å². The second-order valence-electron chi connectivity index (χ2n) is 5.46. The lowest BCUT2D eigenvalue weighted by Gasteiger charge is -2.08. The van der Waals surface area contributed by atoms with Crippen LogP contribution in [0.3, 0.4) is 0 Å². The molecule has 0 saturated heterocycles. The van der Waals surface area contributed by atoms with Crippen molar-refractivity contribution in [1.82, 2.24) is 14.8 Å². The van der Waals surface area contributed by atoms with Gasteiger partial charge in [0.2, 0.25) is 0 Å². The molecule has 2 heterocycles. The molecule has 3 rings (SSSR count). The summed E-state index contributed by atoms with van der Waals surface area (Å²) in [5.41, 5.74) is 1.22. The van der Waals surface area contributed by atoms with Gasteiger partial charge in [0.15, 0.2) is 5.82 Å². The number of nitriles is 1. The van der Waals surface area contributed by atoms with E-state index in [1.807, 2.05) is 0 Å². The predicted molar refractivity (Wildman–Crippen MR) is 89.1 cm³/mol. The maximum absolute atomic E-state index is 9.59. The van der Waals surface area contributed by atoms with Crippen molar-refractivity contribution >= 4 is 23.3 Å².